The van der Waals surface area contributed by atoms with Crippen molar-refractivity contribution in [2.24, 2.45) is 0 Å². The minimum Gasteiger partial charge on any atom is -0.479 e. The van der Waals surface area contributed by atoms with Gasteiger partial charge in [0, 0.05) is 6.54 Å². The molecule has 1 N–H and O–H groups in total. The summed E-state index contributed by atoms with van der Waals surface area (Å²) < 4.78 is 5.44. The molecule has 26 heavy (non-hydrogen) atoms. The Bertz CT molecular complexity index is 818. The maximum absolute atomic E-state index is 12.8. The molecule has 0 heterocycles. The van der Waals surface area contributed by atoms with Crippen LogP contribution in [0, 0.1) is 6.92 Å². The largest absolute Gasteiger partial charge is 0.479 e. The van der Waals surface area contributed by atoms with Crippen molar-refractivity contribution in [1.82, 2.24) is 4.90 Å². The molecule has 136 valence electrons. The summed E-state index contributed by atoms with van der Waals surface area (Å²) >= 11 is 0. The van der Waals surface area contributed by atoms with Crippen LogP contribution in [-0.2, 0) is 28.1 Å². The number of hydrogen-bond donors (Lipinski definition) is 1. The van der Waals surface area contributed by atoms with Crippen molar-refractivity contribution >= 4 is 12.1 Å². The molecule has 1 unspecified atom stereocenters. The zero-order valence-electron chi connectivity index (χ0n) is 15.1. The van der Waals surface area contributed by atoms with E-state index >= 15 is 0 Å². The molecule has 0 saturated carbocycles. The Morgan fingerprint density at radius 3 is 2.58 bits per heavy atom. The van der Waals surface area contributed by atoms with E-state index in [1.165, 1.54) is 4.90 Å². The quantitative estimate of drug-likeness (QED) is 0.886. The molecule has 0 aromatic heterocycles. The second-order valence-corrected chi connectivity index (χ2v) is 6.61. The lowest BCUT2D eigenvalue weighted by atomic mass is 9.89. The van der Waals surface area contributed by atoms with Crippen molar-refractivity contribution in [2.45, 2.75) is 38.8 Å². The SMILES string of the molecule is CCN(C(=O)OCc1ccccc1)C1(C(=O)O)CCc2ccc(C)cc21. The fourth-order valence-electron chi connectivity index (χ4n) is 3.71. The Labute approximate surface area is 153 Å². The van der Waals surface area contributed by atoms with Crippen molar-refractivity contribution in [1.29, 1.82) is 0 Å². The summed E-state index contributed by atoms with van der Waals surface area (Å²) in [6.07, 6.45) is 0.382. The number of carbonyl (C=O) groups is 2. The Kier molecular flexibility index (Phi) is 4.98. The van der Waals surface area contributed by atoms with Crippen LogP contribution >= 0.6 is 0 Å². The van der Waals surface area contributed by atoms with Gasteiger partial charge in [0.15, 0.2) is 5.54 Å². The molecule has 2 aromatic rings. The van der Waals surface area contributed by atoms with E-state index < -0.39 is 17.6 Å². The fourth-order valence-corrected chi connectivity index (χ4v) is 3.71. The number of carboxylic acid groups (broad SMARTS) is 1. The molecular weight excluding hydrogens is 330 g/mol. The summed E-state index contributed by atoms with van der Waals surface area (Å²) in [6, 6.07) is 15.2. The second kappa shape index (κ2) is 7.20. The molecule has 0 bridgehead atoms. The van der Waals surface area contributed by atoms with Crippen LogP contribution in [-0.4, -0.2) is 28.6 Å². The zero-order valence-corrected chi connectivity index (χ0v) is 15.1. The van der Waals surface area contributed by atoms with Gasteiger partial charge in [-0.2, -0.15) is 0 Å². The molecule has 1 amide bonds. The highest BCUT2D eigenvalue weighted by Gasteiger charge is 2.52. The standard InChI is InChI=1S/C21H23NO4/c1-3-22(20(25)26-14-16-7-5-4-6-8-16)21(19(23)24)12-11-17-10-9-15(2)13-18(17)21/h4-10,13H,3,11-12,14H2,1-2H3,(H,23,24). The van der Waals surface area contributed by atoms with Gasteiger partial charge < -0.3 is 9.84 Å². The lowest BCUT2D eigenvalue weighted by Gasteiger charge is -2.37. The third-order valence-corrected chi connectivity index (χ3v) is 5.02. The van der Waals surface area contributed by atoms with Crippen molar-refractivity contribution < 1.29 is 19.4 Å². The minimum absolute atomic E-state index is 0.118. The van der Waals surface area contributed by atoms with Crippen molar-refractivity contribution in [3.8, 4) is 0 Å². The molecule has 1 atom stereocenters. The summed E-state index contributed by atoms with van der Waals surface area (Å²) in [5.74, 6) is -1.01. The normalized spacial score (nSPS) is 18.2. The maximum atomic E-state index is 12.8. The molecule has 0 radical (unpaired) electrons. The predicted octanol–water partition coefficient (Wildman–Crippen LogP) is 3.88. The fraction of sp³-hybridized carbons (Fsp3) is 0.333. The van der Waals surface area contributed by atoms with Gasteiger partial charge >= 0.3 is 12.1 Å². The molecule has 1 aliphatic rings. The number of fused-ring (bicyclic) bond motifs is 1. The molecule has 0 fully saturated rings. The lowest BCUT2D eigenvalue weighted by molar-refractivity contribution is -0.151. The van der Waals surface area contributed by atoms with Gasteiger partial charge in [0.1, 0.15) is 6.61 Å². The van der Waals surface area contributed by atoms with Gasteiger partial charge in [-0.05, 0) is 43.4 Å². The second-order valence-electron chi connectivity index (χ2n) is 6.61. The van der Waals surface area contributed by atoms with E-state index in [-0.39, 0.29) is 13.2 Å². The van der Waals surface area contributed by atoms with Crippen molar-refractivity contribution in [3.63, 3.8) is 0 Å². The number of aryl methyl sites for hydroxylation is 2. The summed E-state index contributed by atoms with van der Waals surface area (Å²) in [4.78, 5) is 26.5. The van der Waals surface area contributed by atoms with Crippen molar-refractivity contribution in [3.05, 3.63) is 70.8 Å². The van der Waals surface area contributed by atoms with E-state index in [0.29, 0.717) is 18.4 Å². The molecule has 0 spiro atoms. The Morgan fingerprint density at radius 2 is 1.92 bits per heavy atom. The Hall–Kier alpha value is -2.82. The number of nitrogens with zero attached hydrogens (tertiary/aromatic N) is 1. The number of rotatable bonds is 5. The number of benzene rings is 2. The third kappa shape index (κ3) is 3.05. The number of likely N-dealkylation sites (N-methyl/N-ethyl adjacent to an activating group) is 1. The highest BCUT2D eigenvalue weighted by Crippen LogP contribution is 2.43. The third-order valence-electron chi connectivity index (χ3n) is 5.02. The van der Waals surface area contributed by atoms with Crippen LogP contribution in [0.5, 0.6) is 0 Å². The number of hydrogen-bond acceptors (Lipinski definition) is 3. The molecular formula is C21H23NO4. The minimum atomic E-state index is -1.37. The van der Waals surface area contributed by atoms with Gasteiger partial charge in [-0.15, -0.1) is 0 Å². The van der Waals surface area contributed by atoms with Crippen LogP contribution in [0.15, 0.2) is 48.5 Å². The summed E-state index contributed by atoms with van der Waals surface area (Å²) in [5, 5.41) is 10.1. The van der Waals surface area contributed by atoms with Crippen LogP contribution in [0.25, 0.3) is 0 Å². The van der Waals surface area contributed by atoms with Gasteiger partial charge in [-0.1, -0.05) is 54.1 Å². The summed E-state index contributed by atoms with van der Waals surface area (Å²) in [6.45, 7) is 4.08. The average molecular weight is 353 g/mol. The summed E-state index contributed by atoms with van der Waals surface area (Å²) in [7, 11) is 0. The predicted molar refractivity (Wildman–Crippen MR) is 97.8 cm³/mol. The molecule has 5 nitrogen and oxygen atoms in total. The highest BCUT2D eigenvalue weighted by molar-refractivity contribution is 5.87. The molecule has 5 heteroatoms. The Morgan fingerprint density at radius 1 is 1.19 bits per heavy atom. The van der Waals surface area contributed by atoms with Crippen LogP contribution in [0.4, 0.5) is 4.79 Å². The van der Waals surface area contributed by atoms with E-state index in [1.54, 1.807) is 6.92 Å². The highest BCUT2D eigenvalue weighted by atomic mass is 16.6. The first-order chi connectivity index (χ1) is 12.5. The van der Waals surface area contributed by atoms with E-state index in [0.717, 1.165) is 16.7 Å². The molecule has 3 rings (SSSR count). The monoisotopic (exact) mass is 353 g/mol. The number of carboxylic acids is 1. The summed E-state index contributed by atoms with van der Waals surface area (Å²) in [5.41, 5.74) is 2.15. The maximum Gasteiger partial charge on any atom is 0.411 e. The first kappa shape index (κ1) is 18.0. The Balaban J connectivity index is 1.91. The lowest BCUT2D eigenvalue weighted by Crippen LogP contribution is -2.53. The topological polar surface area (TPSA) is 66.8 Å². The van der Waals surface area contributed by atoms with Gasteiger partial charge in [-0.25, -0.2) is 9.59 Å². The van der Waals surface area contributed by atoms with E-state index in [2.05, 4.69) is 0 Å². The van der Waals surface area contributed by atoms with Crippen LogP contribution in [0.2, 0.25) is 0 Å². The van der Waals surface area contributed by atoms with Crippen molar-refractivity contribution in [2.75, 3.05) is 6.54 Å². The average Bonchev–Trinajstić information content (AvgIpc) is 3.01. The molecule has 1 aliphatic carbocycles. The molecule has 2 aromatic carbocycles. The van der Waals surface area contributed by atoms with E-state index in [1.807, 2.05) is 55.5 Å². The van der Waals surface area contributed by atoms with Gasteiger partial charge in [0.25, 0.3) is 0 Å². The van der Waals surface area contributed by atoms with Gasteiger partial charge in [-0.3, -0.25) is 4.90 Å². The van der Waals surface area contributed by atoms with E-state index in [9.17, 15) is 14.7 Å². The zero-order chi connectivity index (χ0) is 18.7. The number of ether oxygens (including phenoxy) is 1. The van der Waals surface area contributed by atoms with Gasteiger partial charge in [0.2, 0.25) is 0 Å². The van der Waals surface area contributed by atoms with Gasteiger partial charge in [0.05, 0.1) is 0 Å². The van der Waals surface area contributed by atoms with Crippen LogP contribution in [0.3, 0.4) is 0 Å². The van der Waals surface area contributed by atoms with E-state index in [4.69, 9.17) is 4.74 Å². The number of carbonyl (C=O) groups excluding carboxylic acids is 1. The first-order valence-corrected chi connectivity index (χ1v) is 8.80. The number of aliphatic carboxylic acids is 1. The van der Waals surface area contributed by atoms with Crippen LogP contribution < -0.4 is 0 Å². The number of amides is 1. The molecule has 0 aliphatic heterocycles. The smallest absolute Gasteiger partial charge is 0.411 e. The molecule has 0 saturated heterocycles. The van der Waals surface area contributed by atoms with Crippen LogP contribution in [0.1, 0.15) is 35.6 Å². The first-order valence-electron chi connectivity index (χ1n) is 8.80.